The molecule has 0 radical (unpaired) electrons. The van der Waals surface area contributed by atoms with Crippen LogP contribution in [0.4, 0.5) is 5.69 Å². The lowest BCUT2D eigenvalue weighted by molar-refractivity contribution is 0.271. The molecule has 0 bridgehead atoms. The van der Waals surface area contributed by atoms with E-state index < -0.39 is 0 Å². The molecule has 0 fully saturated rings. The summed E-state index contributed by atoms with van der Waals surface area (Å²) in [6.07, 6.45) is 0. The predicted octanol–water partition coefficient (Wildman–Crippen LogP) is 1.85. The topological polar surface area (TPSA) is 74.2 Å². The number of ether oxygens (including phenoxy) is 1. The van der Waals surface area contributed by atoms with Crippen molar-refractivity contribution in [1.82, 2.24) is 10.3 Å². The van der Waals surface area contributed by atoms with Crippen molar-refractivity contribution in [1.29, 1.82) is 0 Å². The van der Waals surface area contributed by atoms with Crippen molar-refractivity contribution in [3.63, 3.8) is 0 Å². The minimum Gasteiger partial charge on any atom is -0.485 e. The molecule has 1 aromatic heterocycles. The fraction of sp³-hybridized carbons (Fsp3) is 0.273. The van der Waals surface area contributed by atoms with Crippen molar-refractivity contribution in [3.8, 4) is 5.75 Å². The van der Waals surface area contributed by atoms with Crippen molar-refractivity contribution in [2.24, 2.45) is 0 Å². The summed E-state index contributed by atoms with van der Waals surface area (Å²) < 4.78 is 10.1. The number of nitrogens with zero attached hydrogens (tertiary/aromatic N) is 2. The number of hydrogen-bond acceptors (Lipinski definition) is 5. The second-order valence-corrected chi connectivity index (χ2v) is 3.63. The molecular formula is C11H13N3O2. The number of aromatic nitrogens is 2. The van der Waals surface area contributed by atoms with Gasteiger partial charge in [0.15, 0.2) is 0 Å². The van der Waals surface area contributed by atoms with Crippen molar-refractivity contribution >= 4 is 5.69 Å². The van der Waals surface area contributed by atoms with Gasteiger partial charge in [-0.05, 0) is 31.5 Å². The lowest BCUT2D eigenvalue weighted by Gasteiger charge is -2.07. The van der Waals surface area contributed by atoms with Gasteiger partial charge in [0.25, 0.3) is 0 Å². The highest BCUT2D eigenvalue weighted by Crippen LogP contribution is 2.23. The van der Waals surface area contributed by atoms with Gasteiger partial charge >= 0.3 is 0 Å². The minimum absolute atomic E-state index is 0.308. The van der Waals surface area contributed by atoms with Gasteiger partial charge in [-0.2, -0.15) is 0 Å². The highest BCUT2D eigenvalue weighted by atomic mass is 16.6. The Morgan fingerprint density at radius 3 is 2.75 bits per heavy atom. The Bertz CT molecular complexity index is 494. The van der Waals surface area contributed by atoms with Gasteiger partial charge in [-0.25, -0.2) is 4.63 Å². The van der Waals surface area contributed by atoms with Gasteiger partial charge in [-0.15, -0.1) is 0 Å². The largest absolute Gasteiger partial charge is 0.485 e. The van der Waals surface area contributed by atoms with Crippen molar-refractivity contribution in [2.75, 3.05) is 5.73 Å². The molecule has 5 heteroatoms. The first kappa shape index (κ1) is 10.5. The van der Waals surface area contributed by atoms with E-state index >= 15 is 0 Å². The van der Waals surface area contributed by atoms with E-state index in [1.54, 1.807) is 0 Å². The molecule has 0 aliphatic carbocycles. The molecule has 84 valence electrons. The summed E-state index contributed by atoms with van der Waals surface area (Å²) in [5.41, 5.74) is 8.94. The summed E-state index contributed by atoms with van der Waals surface area (Å²) in [5.74, 6) is 0.646. The Kier molecular flexibility index (Phi) is 2.76. The molecule has 2 N–H and O–H groups in total. The number of aryl methyl sites for hydroxylation is 2. The van der Waals surface area contributed by atoms with Crippen LogP contribution in [-0.2, 0) is 6.61 Å². The predicted molar refractivity (Wildman–Crippen MR) is 59.0 cm³/mol. The fourth-order valence-corrected chi connectivity index (χ4v) is 1.33. The van der Waals surface area contributed by atoms with Crippen LogP contribution in [0.5, 0.6) is 5.75 Å². The molecule has 0 aliphatic heterocycles. The number of nitrogen functional groups attached to an aromatic ring is 1. The molecule has 1 aromatic carbocycles. The first-order valence-corrected chi connectivity index (χ1v) is 4.94. The quantitative estimate of drug-likeness (QED) is 0.797. The van der Waals surface area contributed by atoms with Crippen molar-refractivity contribution in [3.05, 3.63) is 35.2 Å². The van der Waals surface area contributed by atoms with Crippen LogP contribution in [0.1, 0.15) is 17.0 Å². The van der Waals surface area contributed by atoms with Crippen LogP contribution < -0.4 is 10.5 Å². The average Bonchev–Trinajstić information content (AvgIpc) is 2.63. The number of anilines is 1. The van der Waals surface area contributed by atoms with E-state index in [9.17, 15) is 0 Å². The molecule has 0 aliphatic rings. The number of hydrogen-bond donors (Lipinski definition) is 1. The second-order valence-electron chi connectivity index (χ2n) is 3.63. The molecule has 16 heavy (non-hydrogen) atoms. The maximum Gasteiger partial charge on any atom is 0.145 e. The first-order chi connectivity index (χ1) is 7.66. The van der Waals surface area contributed by atoms with Crippen molar-refractivity contribution < 1.29 is 9.37 Å². The molecule has 2 rings (SSSR count). The maximum atomic E-state index is 5.81. The third kappa shape index (κ3) is 2.13. The van der Waals surface area contributed by atoms with E-state index in [1.807, 2.05) is 32.0 Å². The van der Waals surface area contributed by atoms with E-state index in [1.165, 1.54) is 0 Å². The highest BCUT2D eigenvalue weighted by molar-refractivity contribution is 5.54. The molecule has 5 nitrogen and oxygen atoms in total. The molecule has 0 unspecified atom stereocenters. The molecule has 1 heterocycles. The Labute approximate surface area is 93.2 Å². The van der Waals surface area contributed by atoms with Gasteiger partial charge in [-0.3, -0.25) is 0 Å². The normalized spacial score (nSPS) is 10.4. The minimum atomic E-state index is 0.308. The Balaban J connectivity index is 2.08. The summed E-state index contributed by atoms with van der Waals surface area (Å²) in [6.45, 7) is 4.10. The summed E-state index contributed by atoms with van der Waals surface area (Å²) in [4.78, 5) is 0. The molecule has 2 aromatic rings. The first-order valence-electron chi connectivity index (χ1n) is 4.94. The third-order valence-corrected chi connectivity index (χ3v) is 2.28. The monoisotopic (exact) mass is 219 g/mol. The molecule has 0 spiro atoms. The second kappa shape index (κ2) is 4.22. The van der Waals surface area contributed by atoms with Crippen LogP contribution in [-0.4, -0.2) is 10.3 Å². The Morgan fingerprint density at radius 1 is 1.31 bits per heavy atom. The van der Waals surface area contributed by atoms with E-state index in [0.29, 0.717) is 23.7 Å². The average molecular weight is 219 g/mol. The highest BCUT2D eigenvalue weighted by Gasteiger charge is 2.07. The van der Waals surface area contributed by atoms with Crippen LogP contribution in [0.15, 0.2) is 22.8 Å². The number of benzene rings is 1. The zero-order valence-corrected chi connectivity index (χ0v) is 9.23. The molecule has 0 saturated heterocycles. The molecular weight excluding hydrogens is 206 g/mol. The lowest BCUT2D eigenvalue weighted by atomic mass is 10.2. The lowest BCUT2D eigenvalue weighted by Crippen LogP contribution is -2.00. The summed E-state index contributed by atoms with van der Waals surface area (Å²) in [5, 5.41) is 7.39. The number of nitrogens with two attached hydrogens (primary N) is 1. The molecule has 0 saturated carbocycles. The zero-order valence-electron chi connectivity index (χ0n) is 9.23. The Morgan fingerprint density at radius 2 is 2.12 bits per heavy atom. The van der Waals surface area contributed by atoms with Crippen LogP contribution in [0.3, 0.4) is 0 Å². The molecule has 0 amide bonds. The van der Waals surface area contributed by atoms with Crippen LogP contribution in [0.25, 0.3) is 0 Å². The van der Waals surface area contributed by atoms with Gasteiger partial charge in [-0.1, -0.05) is 16.4 Å². The van der Waals surface area contributed by atoms with E-state index in [2.05, 4.69) is 14.9 Å². The van der Waals surface area contributed by atoms with Gasteiger partial charge in [0.2, 0.25) is 0 Å². The SMILES string of the molecule is Cc1ccc(OCc2nonc2C)c(N)c1. The van der Waals surface area contributed by atoms with Crippen LogP contribution >= 0.6 is 0 Å². The number of rotatable bonds is 3. The fourth-order valence-electron chi connectivity index (χ4n) is 1.33. The van der Waals surface area contributed by atoms with E-state index in [4.69, 9.17) is 10.5 Å². The molecule has 0 atom stereocenters. The summed E-state index contributed by atoms with van der Waals surface area (Å²) in [7, 11) is 0. The van der Waals surface area contributed by atoms with Crippen molar-refractivity contribution in [2.45, 2.75) is 20.5 Å². The summed E-state index contributed by atoms with van der Waals surface area (Å²) >= 11 is 0. The van der Waals surface area contributed by atoms with Gasteiger partial charge in [0.05, 0.1) is 5.69 Å². The summed E-state index contributed by atoms with van der Waals surface area (Å²) in [6, 6.07) is 5.65. The van der Waals surface area contributed by atoms with Gasteiger partial charge in [0.1, 0.15) is 23.7 Å². The smallest absolute Gasteiger partial charge is 0.145 e. The standard InChI is InChI=1S/C11H13N3O2/c1-7-3-4-11(9(12)5-7)15-6-10-8(2)13-16-14-10/h3-5H,6,12H2,1-2H3. The maximum absolute atomic E-state index is 5.81. The van der Waals surface area contributed by atoms with Gasteiger partial charge in [0, 0.05) is 0 Å². The zero-order chi connectivity index (χ0) is 11.5. The van der Waals surface area contributed by atoms with Gasteiger partial charge < -0.3 is 10.5 Å². The van der Waals surface area contributed by atoms with E-state index in [0.717, 1.165) is 11.3 Å². The van der Waals surface area contributed by atoms with Crippen LogP contribution in [0, 0.1) is 13.8 Å². The Hall–Kier alpha value is -2.04. The third-order valence-electron chi connectivity index (χ3n) is 2.28. The van der Waals surface area contributed by atoms with Crippen LogP contribution in [0.2, 0.25) is 0 Å². The van der Waals surface area contributed by atoms with E-state index in [-0.39, 0.29) is 0 Å².